The molecule has 2 aromatic carbocycles. The van der Waals surface area contributed by atoms with Gasteiger partial charge in [0.1, 0.15) is 5.70 Å². The van der Waals surface area contributed by atoms with Gasteiger partial charge in [0.15, 0.2) is 11.3 Å². The third-order valence-electron chi connectivity index (χ3n) is 4.18. The molecular formula is C18H16N4OS. The number of aryl methyl sites for hydroxylation is 1. The van der Waals surface area contributed by atoms with Crippen molar-refractivity contribution in [1.29, 1.82) is 0 Å². The van der Waals surface area contributed by atoms with E-state index in [4.69, 9.17) is 4.99 Å². The van der Waals surface area contributed by atoms with Crippen LogP contribution in [0.1, 0.15) is 17.3 Å². The van der Waals surface area contributed by atoms with Gasteiger partial charge in [0.25, 0.3) is 5.91 Å². The number of thioether (sulfide) groups is 1. The molecule has 0 bridgehead atoms. The first-order chi connectivity index (χ1) is 11.7. The summed E-state index contributed by atoms with van der Waals surface area (Å²) in [6.45, 7) is 2.05. The fourth-order valence-electron chi connectivity index (χ4n) is 3.00. The number of hydrazone groups is 1. The summed E-state index contributed by atoms with van der Waals surface area (Å²) in [7, 11) is 0. The first-order valence-corrected chi connectivity index (χ1v) is 8.87. The lowest BCUT2D eigenvalue weighted by atomic mass is 10.0. The number of carbonyl (C=O) groups excluding carboxylic acids is 1. The minimum Gasteiger partial charge on any atom is -0.298 e. The number of benzene rings is 2. The molecule has 0 aromatic heterocycles. The fraction of sp³-hybridized carbons (Fsp3) is 0.167. The second-order valence-corrected chi connectivity index (χ2v) is 6.43. The zero-order valence-electron chi connectivity index (χ0n) is 13.4. The number of hydrogen-bond donors (Lipinski definition) is 1. The molecule has 1 N–H and O–H groups in total. The molecular weight excluding hydrogens is 320 g/mol. The lowest BCUT2D eigenvalue weighted by Crippen LogP contribution is -2.50. The monoisotopic (exact) mass is 336 g/mol. The van der Waals surface area contributed by atoms with Crippen molar-refractivity contribution in [3.05, 3.63) is 70.2 Å². The van der Waals surface area contributed by atoms with E-state index in [2.05, 4.69) is 10.4 Å². The highest BCUT2D eigenvalue weighted by Crippen LogP contribution is 2.31. The second kappa shape index (κ2) is 5.79. The van der Waals surface area contributed by atoms with E-state index in [1.807, 2.05) is 61.7 Å². The van der Waals surface area contributed by atoms with E-state index < -0.39 is 0 Å². The van der Waals surface area contributed by atoms with E-state index in [0.29, 0.717) is 10.9 Å². The van der Waals surface area contributed by atoms with Crippen LogP contribution in [0.25, 0.3) is 5.70 Å². The van der Waals surface area contributed by atoms with Crippen molar-refractivity contribution in [1.82, 2.24) is 10.3 Å². The Bertz CT molecular complexity index is 983. The van der Waals surface area contributed by atoms with Crippen molar-refractivity contribution < 1.29 is 4.79 Å². The predicted molar refractivity (Wildman–Crippen MR) is 95.5 cm³/mol. The Hall–Kier alpha value is -2.60. The SMILES string of the molecule is CSC1=NN2C(=c3ccccc3=N[C@@H]2c2ccccc2C)C(=O)N1. The van der Waals surface area contributed by atoms with Gasteiger partial charge in [-0.2, -0.15) is 0 Å². The van der Waals surface area contributed by atoms with Crippen molar-refractivity contribution in [2.24, 2.45) is 10.1 Å². The molecule has 6 heteroatoms. The Balaban J connectivity index is 2.02. The van der Waals surface area contributed by atoms with Crippen LogP contribution < -0.4 is 15.9 Å². The Morgan fingerprint density at radius 1 is 1.12 bits per heavy atom. The minimum absolute atomic E-state index is 0.143. The normalized spacial score (nSPS) is 19.0. The molecule has 0 fully saturated rings. The van der Waals surface area contributed by atoms with Crippen molar-refractivity contribution in [2.75, 3.05) is 6.26 Å². The summed E-state index contributed by atoms with van der Waals surface area (Å²) in [5, 5.41) is 11.4. The quantitative estimate of drug-likeness (QED) is 0.859. The molecule has 0 aliphatic carbocycles. The zero-order chi connectivity index (χ0) is 16.7. The molecule has 0 saturated carbocycles. The van der Waals surface area contributed by atoms with Crippen molar-refractivity contribution >= 4 is 28.5 Å². The van der Waals surface area contributed by atoms with Crippen molar-refractivity contribution in [3.63, 3.8) is 0 Å². The van der Waals surface area contributed by atoms with Gasteiger partial charge in [-0.1, -0.05) is 54.2 Å². The van der Waals surface area contributed by atoms with E-state index >= 15 is 0 Å². The van der Waals surface area contributed by atoms with Crippen LogP contribution in [0.4, 0.5) is 0 Å². The molecule has 0 unspecified atom stereocenters. The molecule has 4 rings (SSSR count). The highest BCUT2D eigenvalue weighted by atomic mass is 32.2. The van der Waals surface area contributed by atoms with Crippen LogP contribution in [0.5, 0.6) is 0 Å². The third-order valence-corrected chi connectivity index (χ3v) is 4.75. The number of carbonyl (C=O) groups is 1. The van der Waals surface area contributed by atoms with Crippen molar-refractivity contribution in [3.8, 4) is 0 Å². The lowest BCUT2D eigenvalue weighted by molar-refractivity contribution is -0.116. The predicted octanol–water partition coefficient (Wildman–Crippen LogP) is 1.50. The number of amides is 1. The van der Waals surface area contributed by atoms with Gasteiger partial charge in [-0.3, -0.25) is 15.1 Å². The zero-order valence-corrected chi connectivity index (χ0v) is 14.2. The third kappa shape index (κ3) is 2.30. The smallest absolute Gasteiger partial charge is 0.276 e. The largest absolute Gasteiger partial charge is 0.298 e. The molecule has 1 atom stereocenters. The van der Waals surface area contributed by atoms with Gasteiger partial charge < -0.3 is 0 Å². The number of fused-ring (bicyclic) bond motifs is 2. The number of amidine groups is 1. The fourth-order valence-corrected chi connectivity index (χ4v) is 3.36. The summed E-state index contributed by atoms with van der Waals surface area (Å²) in [6, 6.07) is 15.8. The maximum absolute atomic E-state index is 12.7. The summed E-state index contributed by atoms with van der Waals surface area (Å²) in [5.41, 5.74) is 2.71. The maximum atomic E-state index is 12.7. The number of nitrogens with zero attached hydrogens (tertiary/aromatic N) is 3. The van der Waals surface area contributed by atoms with E-state index in [-0.39, 0.29) is 12.1 Å². The van der Waals surface area contributed by atoms with Crippen LogP contribution in [0, 0.1) is 6.92 Å². The van der Waals surface area contributed by atoms with E-state index in [0.717, 1.165) is 21.7 Å². The molecule has 0 spiro atoms. The Morgan fingerprint density at radius 2 is 1.88 bits per heavy atom. The number of rotatable bonds is 1. The van der Waals surface area contributed by atoms with Gasteiger partial charge in [-0.15, -0.1) is 5.10 Å². The molecule has 1 amide bonds. The molecule has 2 aliphatic rings. The summed E-state index contributed by atoms with van der Waals surface area (Å²) in [5.74, 6) is -0.143. The van der Waals surface area contributed by atoms with Gasteiger partial charge >= 0.3 is 0 Å². The molecule has 2 heterocycles. The molecule has 24 heavy (non-hydrogen) atoms. The van der Waals surface area contributed by atoms with Gasteiger partial charge in [-0.25, -0.2) is 5.01 Å². The maximum Gasteiger partial charge on any atom is 0.276 e. The van der Waals surface area contributed by atoms with Gasteiger partial charge in [0, 0.05) is 10.8 Å². The Kier molecular flexibility index (Phi) is 3.61. The Labute approximate surface area is 143 Å². The van der Waals surface area contributed by atoms with Crippen LogP contribution in [0.15, 0.2) is 58.6 Å². The highest BCUT2D eigenvalue weighted by Gasteiger charge is 2.34. The van der Waals surface area contributed by atoms with Crippen LogP contribution >= 0.6 is 11.8 Å². The average Bonchev–Trinajstić information content (AvgIpc) is 2.61. The molecule has 2 aromatic rings. The van der Waals surface area contributed by atoms with E-state index in [9.17, 15) is 4.79 Å². The van der Waals surface area contributed by atoms with Crippen LogP contribution in [0.3, 0.4) is 0 Å². The second-order valence-electron chi connectivity index (χ2n) is 5.63. The Morgan fingerprint density at radius 3 is 2.67 bits per heavy atom. The summed E-state index contributed by atoms with van der Waals surface area (Å²) < 4.78 is 0. The molecule has 0 radical (unpaired) electrons. The van der Waals surface area contributed by atoms with Crippen LogP contribution in [0.2, 0.25) is 0 Å². The molecule has 120 valence electrons. The standard InChI is InChI=1S/C18H16N4OS/c1-11-7-3-4-8-12(11)16-19-14-10-6-5-9-13(14)15-17(23)20-18(24-2)21-22(15)16/h3-10,16H,1-2H3,(H,20,21,23)/t16-/m0/s1. The summed E-state index contributed by atoms with van der Waals surface area (Å²) in [4.78, 5) is 17.6. The van der Waals surface area contributed by atoms with Gasteiger partial charge in [0.05, 0.1) is 5.36 Å². The summed E-state index contributed by atoms with van der Waals surface area (Å²) in [6.07, 6.45) is 1.55. The summed E-state index contributed by atoms with van der Waals surface area (Å²) >= 11 is 1.41. The van der Waals surface area contributed by atoms with Crippen molar-refractivity contribution in [2.45, 2.75) is 13.1 Å². The first-order valence-electron chi connectivity index (χ1n) is 7.65. The lowest BCUT2D eigenvalue weighted by Gasteiger charge is -2.34. The first kappa shape index (κ1) is 15.0. The van der Waals surface area contributed by atoms with E-state index in [1.165, 1.54) is 11.8 Å². The topological polar surface area (TPSA) is 57.1 Å². The van der Waals surface area contributed by atoms with Gasteiger partial charge in [-0.05, 0) is 24.8 Å². The van der Waals surface area contributed by atoms with Crippen LogP contribution in [-0.2, 0) is 4.79 Å². The van der Waals surface area contributed by atoms with Crippen LogP contribution in [-0.4, -0.2) is 22.3 Å². The number of nitrogens with one attached hydrogen (secondary N) is 1. The van der Waals surface area contributed by atoms with Gasteiger partial charge in [0.2, 0.25) is 0 Å². The number of para-hydroxylation sites is 1. The highest BCUT2D eigenvalue weighted by molar-refractivity contribution is 8.13. The molecule has 0 saturated heterocycles. The minimum atomic E-state index is -0.343. The average molecular weight is 336 g/mol. The van der Waals surface area contributed by atoms with E-state index in [1.54, 1.807) is 5.01 Å². The molecule has 5 nitrogen and oxygen atoms in total. The number of hydrogen-bond acceptors (Lipinski definition) is 5. The molecule has 2 aliphatic heterocycles.